The average molecular weight is 304 g/mol. The third-order valence-corrected chi connectivity index (χ3v) is 4.32. The fourth-order valence-corrected chi connectivity index (χ4v) is 3.12. The van der Waals surface area contributed by atoms with Gasteiger partial charge in [0.05, 0.1) is 12.5 Å². The summed E-state index contributed by atoms with van der Waals surface area (Å²) in [6.45, 7) is 3.96. The van der Waals surface area contributed by atoms with Crippen LogP contribution in [0.25, 0.3) is 0 Å². The zero-order chi connectivity index (χ0) is 14.8. The molecule has 2 aromatic rings. The van der Waals surface area contributed by atoms with E-state index in [-0.39, 0.29) is 11.8 Å². The van der Waals surface area contributed by atoms with E-state index in [4.69, 9.17) is 11.6 Å². The topological polar surface area (TPSA) is 38.1 Å². The summed E-state index contributed by atoms with van der Waals surface area (Å²) in [7, 11) is 0. The van der Waals surface area contributed by atoms with Crippen LogP contribution in [-0.4, -0.2) is 27.1 Å². The number of amides is 1. The van der Waals surface area contributed by atoms with Gasteiger partial charge in [-0.05, 0) is 29.7 Å². The third kappa shape index (κ3) is 2.95. The minimum atomic E-state index is -0.0781. The molecule has 1 aliphatic rings. The highest BCUT2D eigenvalue weighted by Crippen LogP contribution is 2.26. The monoisotopic (exact) mass is 303 g/mol. The van der Waals surface area contributed by atoms with Crippen molar-refractivity contribution < 1.29 is 4.79 Å². The molecule has 5 heteroatoms. The van der Waals surface area contributed by atoms with Crippen LogP contribution in [0.5, 0.6) is 0 Å². The predicted octanol–water partition coefficient (Wildman–Crippen LogP) is 2.76. The van der Waals surface area contributed by atoms with Gasteiger partial charge in [0.1, 0.15) is 0 Å². The molecule has 0 saturated heterocycles. The summed E-state index contributed by atoms with van der Waals surface area (Å²) in [6.07, 6.45) is 4.45. The Morgan fingerprint density at radius 3 is 3.05 bits per heavy atom. The number of fused-ring (bicyclic) bond motifs is 1. The molecule has 2 heterocycles. The minimum absolute atomic E-state index is 0.0781. The summed E-state index contributed by atoms with van der Waals surface area (Å²) in [4.78, 5) is 14.5. The van der Waals surface area contributed by atoms with Gasteiger partial charge in [-0.3, -0.25) is 9.48 Å². The number of carbonyl (C=O) groups is 1. The molecule has 0 saturated carbocycles. The Kier molecular flexibility index (Phi) is 3.97. The molecule has 0 aliphatic carbocycles. The Morgan fingerprint density at radius 2 is 2.29 bits per heavy atom. The van der Waals surface area contributed by atoms with Gasteiger partial charge in [-0.2, -0.15) is 5.10 Å². The average Bonchev–Trinajstić information content (AvgIpc) is 2.99. The van der Waals surface area contributed by atoms with E-state index in [0.29, 0.717) is 13.1 Å². The first-order valence-electron chi connectivity index (χ1n) is 7.17. The Hall–Kier alpha value is -1.81. The standard InChI is InChI=1S/C16H18ClN3O/c1-12(10-20-8-3-7-18-20)16(21)19-9-6-14-13(11-19)4-2-5-15(14)17/h2-5,7-8,12H,6,9-11H2,1H3/t12-/m0/s1. The fourth-order valence-electron chi connectivity index (χ4n) is 2.83. The first-order valence-corrected chi connectivity index (χ1v) is 7.55. The number of aromatic nitrogens is 2. The summed E-state index contributed by atoms with van der Waals surface area (Å²) < 4.78 is 1.80. The van der Waals surface area contributed by atoms with Crippen LogP contribution in [0.15, 0.2) is 36.7 Å². The molecule has 0 spiro atoms. The van der Waals surface area contributed by atoms with Gasteiger partial charge in [-0.1, -0.05) is 30.7 Å². The van der Waals surface area contributed by atoms with Crippen molar-refractivity contribution >= 4 is 17.5 Å². The number of rotatable bonds is 3. The molecule has 1 aromatic heterocycles. The van der Waals surface area contributed by atoms with E-state index >= 15 is 0 Å². The number of carbonyl (C=O) groups excluding carboxylic acids is 1. The van der Waals surface area contributed by atoms with Crippen molar-refractivity contribution in [1.29, 1.82) is 0 Å². The molecule has 3 rings (SSSR count). The minimum Gasteiger partial charge on any atom is -0.338 e. The van der Waals surface area contributed by atoms with Crippen LogP contribution in [0.4, 0.5) is 0 Å². The summed E-state index contributed by atoms with van der Waals surface area (Å²) in [5, 5.41) is 4.97. The smallest absolute Gasteiger partial charge is 0.227 e. The molecule has 0 fully saturated rings. The van der Waals surface area contributed by atoms with Crippen molar-refractivity contribution in [3.8, 4) is 0 Å². The molecule has 1 aliphatic heterocycles. The lowest BCUT2D eigenvalue weighted by atomic mass is 9.98. The normalized spacial score (nSPS) is 15.6. The SMILES string of the molecule is C[C@@H](Cn1cccn1)C(=O)N1CCc2c(Cl)cccc2C1. The molecule has 21 heavy (non-hydrogen) atoms. The van der Waals surface area contributed by atoms with Crippen LogP contribution in [0, 0.1) is 5.92 Å². The maximum Gasteiger partial charge on any atom is 0.227 e. The number of benzene rings is 1. The second-order valence-corrected chi connectivity index (χ2v) is 5.92. The van der Waals surface area contributed by atoms with Crippen molar-refractivity contribution in [2.75, 3.05) is 6.54 Å². The first-order chi connectivity index (χ1) is 10.1. The van der Waals surface area contributed by atoms with E-state index in [1.54, 1.807) is 10.9 Å². The Morgan fingerprint density at radius 1 is 1.43 bits per heavy atom. The third-order valence-electron chi connectivity index (χ3n) is 3.96. The van der Waals surface area contributed by atoms with Crippen LogP contribution < -0.4 is 0 Å². The Labute approximate surface area is 129 Å². The quantitative estimate of drug-likeness (QED) is 0.874. The molecule has 0 unspecified atom stereocenters. The molecule has 110 valence electrons. The first kappa shape index (κ1) is 14.1. The molecule has 0 N–H and O–H groups in total. The van der Waals surface area contributed by atoms with Gasteiger partial charge < -0.3 is 4.90 Å². The number of nitrogens with zero attached hydrogens (tertiary/aromatic N) is 3. The van der Waals surface area contributed by atoms with Crippen molar-refractivity contribution in [2.45, 2.75) is 26.4 Å². The van der Waals surface area contributed by atoms with Gasteiger partial charge >= 0.3 is 0 Å². The van der Waals surface area contributed by atoms with E-state index in [1.807, 2.05) is 36.2 Å². The maximum absolute atomic E-state index is 12.6. The Bertz CT molecular complexity index is 639. The molecule has 1 amide bonds. The summed E-state index contributed by atoms with van der Waals surface area (Å²) in [5.41, 5.74) is 2.34. The van der Waals surface area contributed by atoms with Gasteiger partial charge in [-0.15, -0.1) is 0 Å². The maximum atomic E-state index is 12.6. The van der Waals surface area contributed by atoms with E-state index < -0.39 is 0 Å². The Balaban J connectivity index is 1.69. The van der Waals surface area contributed by atoms with Gasteiger partial charge in [-0.25, -0.2) is 0 Å². The van der Waals surface area contributed by atoms with Gasteiger partial charge in [0.2, 0.25) is 5.91 Å². The largest absolute Gasteiger partial charge is 0.338 e. The van der Waals surface area contributed by atoms with Crippen LogP contribution >= 0.6 is 11.6 Å². The molecule has 0 bridgehead atoms. The van der Waals surface area contributed by atoms with Crippen molar-refractivity contribution in [3.05, 3.63) is 52.8 Å². The summed E-state index contributed by atoms with van der Waals surface area (Å²) >= 11 is 6.21. The van der Waals surface area contributed by atoms with Crippen LogP contribution in [0.3, 0.4) is 0 Å². The number of hydrogen-bond donors (Lipinski definition) is 0. The second-order valence-electron chi connectivity index (χ2n) is 5.52. The molecule has 0 radical (unpaired) electrons. The summed E-state index contributed by atoms with van der Waals surface area (Å²) in [6, 6.07) is 7.79. The highest BCUT2D eigenvalue weighted by molar-refractivity contribution is 6.31. The van der Waals surface area contributed by atoms with Gasteiger partial charge in [0.15, 0.2) is 0 Å². The molecular formula is C16H18ClN3O. The number of halogens is 1. The molecular weight excluding hydrogens is 286 g/mol. The number of hydrogen-bond acceptors (Lipinski definition) is 2. The highest BCUT2D eigenvalue weighted by Gasteiger charge is 2.25. The van der Waals surface area contributed by atoms with Gasteiger partial charge in [0.25, 0.3) is 0 Å². The van der Waals surface area contributed by atoms with E-state index in [9.17, 15) is 4.79 Å². The molecule has 1 aromatic carbocycles. The predicted molar refractivity (Wildman–Crippen MR) is 82.0 cm³/mol. The van der Waals surface area contributed by atoms with E-state index in [0.717, 1.165) is 23.6 Å². The zero-order valence-corrected chi connectivity index (χ0v) is 12.8. The lowest BCUT2D eigenvalue weighted by molar-refractivity contribution is -0.136. The lowest BCUT2D eigenvalue weighted by Gasteiger charge is -2.31. The zero-order valence-electron chi connectivity index (χ0n) is 12.0. The second kappa shape index (κ2) is 5.90. The van der Waals surface area contributed by atoms with Gasteiger partial charge in [0, 0.05) is 30.5 Å². The lowest BCUT2D eigenvalue weighted by Crippen LogP contribution is -2.40. The van der Waals surface area contributed by atoms with E-state index in [1.165, 1.54) is 5.56 Å². The van der Waals surface area contributed by atoms with Crippen LogP contribution in [-0.2, 0) is 24.3 Å². The molecule has 1 atom stereocenters. The van der Waals surface area contributed by atoms with E-state index in [2.05, 4.69) is 11.2 Å². The van der Waals surface area contributed by atoms with Crippen LogP contribution in [0.2, 0.25) is 5.02 Å². The van der Waals surface area contributed by atoms with Crippen LogP contribution in [0.1, 0.15) is 18.1 Å². The van der Waals surface area contributed by atoms with Crippen molar-refractivity contribution in [3.63, 3.8) is 0 Å². The highest BCUT2D eigenvalue weighted by atomic mass is 35.5. The molecule has 4 nitrogen and oxygen atoms in total. The van der Waals surface area contributed by atoms with Crippen molar-refractivity contribution in [2.24, 2.45) is 5.92 Å². The fraction of sp³-hybridized carbons (Fsp3) is 0.375. The van der Waals surface area contributed by atoms with Crippen molar-refractivity contribution in [1.82, 2.24) is 14.7 Å². The summed E-state index contributed by atoms with van der Waals surface area (Å²) in [5.74, 6) is 0.0989.